The molecule has 0 aliphatic carbocycles. The summed E-state index contributed by atoms with van der Waals surface area (Å²) in [5.41, 5.74) is 2.49. The van der Waals surface area contributed by atoms with Crippen LogP contribution in [0.3, 0.4) is 0 Å². The van der Waals surface area contributed by atoms with Crippen molar-refractivity contribution in [3.8, 4) is 5.69 Å². The molecule has 0 radical (unpaired) electrons. The van der Waals surface area contributed by atoms with Crippen molar-refractivity contribution in [1.29, 1.82) is 0 Å². The Balaban J connectivity index is 1.63. The Bertz CT molecular complexity index is 841. The monoisotopic (exact) mass is 336 g/mol. The lowest BCUT2D eigenvalue weighted by molar-refractivity contribution is -0.111. The average Bonchev–Trinajstić information content (AvgIpc) is 3.10. The quantitative estimate of drug-likeness (QED) is 0.571. The molecule has 1 N–H and O–H groups in total. The van der Waals surface area contributed by atoms with Crippen LogP contribution in [0, 0.1) is 0 Å². The topological polar surface area (TPSA) is 59.8 Å². The van der Waals surface area contributed by atoms with Gasteiger partial charge >= 0.3 is 0 Å². The van der Waals surface area contributed by atoms with Crippen molar-refractivity contribution in [2.75, 3.05) is 11.6 Å². The summed E-state index contributed by atoms with van der Waals surface area (Å²) in [5.74, 6) is -0.207. The maximum Gasteiger partial charge on any atom is 0.248 e. The van der Waals surface area contributed by atoms with Gasteiger partial charge in [0.25, 0.3) is 0 Å². The first-order valence-electron chi connectivity index (χ1n) is 7.34. The molecule has 0 fully saturated rings. The van der Waals surface area contributed by atoms with Gasteiger partial charge in [0.05, 0.1) is 28.8 Å². The van der Waals surface area contributed by atoms with Gasteiger partial charge in [-0.05, 0) is 36.6 Å². The van der Waals surface area contributed by atoms with Crippen molar-refractivity contribution in [3.63, 3.8) is 0 Å². The smallest absolute Gasteiger partial charge is 0.248 e. The van der Waals surface area contributed by atoms with Gasteiger partial charge in [-0.2, -0.15) is 5.10 Å². The van der Waals surface area contributed by atoms with Gasteiger partial charge < -0.3 is 5.32 Å². The number of benzene rings is 1. The fourth-order valence-corrected chi connectivity index (χ4v) is 2.44. The van der Waals surface area contributed by atoms with Gasteiger partial charge in [0.15, 0.2) is 0 Å². The number of carbonyl (C=O) groups is 1. The van der Waals surface area contributed by atoms with E-state index in [0.717, 1.165) is 16.3 Å². The molecule has 3 aromatic rings. The van der Waals surface area contributed by atoms with E-state index >= 15 is 0 Å². The van der Waals surface area contributed by atoms with Crippen LogP contribution in [-0.2, 0) is 4.79 Å². The third-order valence-corrected chi connectivity index (χ3v) is 3.92. The SMILES string of the molecule is CSc1ccc(NC(=O)/C=C/c2cnn(-c3ccccc3)c2)cn1. The van der Waals surface area contributed by atoms with Crippen molar-refractivity contribution in [3.05, 3.63) is 72.7 Å². The van der Waals surface area contributed by atoms with Crippen LogP contribution in [0.5, 0.6) is 0 Å². The molecule has 0 saturated heterocycles. The summed E-state index contributed by atoms with van der Waals surface area (Å²) in [4.78, 5) is 16.2. The molecule has 5 nitrogen and oxygen atoms in total. The lowest BCUT2D eigenvalue weighted by Gasteiger charge is -2.02. The Morgan fingerprint density at radius 1 is 1.17 bits per heavy atom. The van der Waals surface area contributed by atoms with Crippen LogP contribution < -0.4 is 5.32 Å². The molecule has 1 aromatic carbocycles. The zero-order chi connectivity index (χ0) is 16.8. The lowest BCUT2D eigenvalue weighted by Crippen LogP contribution is -2.07. The average molecular weight is 336 g/mol. The molecule has 3 rings (SSSR count). The number of hydrogen-bond donors (Lipinski definition) is 1. The van der Waals surface area contributed by atoms with Crippen LogP contribution in [0.25, 0.3) is 11.8 Å². The van der Waals surface area contributed by atoms with Crippen molar-refractivity contribution < 1.29 is 4.79 Å². The standard InChI is InChI=1S/C18H16N4OS/c1-24-18-10-8-15(12-19-18)21-17(23)9-7-14-11-20-22(13-14)16-5-3-2-4-6-16/h2-13H,1H3,(H,21,23)/b9-7+. The predicted molar refractivity (Wildman–Crippen MR) is 97.2 cm³/mol. The number of para-hydroxylation sites is 1. The Morgan fingerprint density at radius 2 is 2.00 bits per heavy atom. The molecule has 0 bridgehead atoms. The minimum absolute atomic E-state index is 0.207. The third-order valence-electron chi connectivity index (χ3n) is 3.26. The minimum Gasteiger partial charge on any atom is -0.321 e. The molecule has 0 unspecified atom stereocenters. The molecule has 0 atom stereocenters. The molecule has 2 heterocycles. The molecule has 0 saturated carbocycles. The highest BCUT2D eigenvalue weighted by Crippen LogP contribution is 2.14. The fraction of sp³-hybridized carbons (Fsp3) is 0.0556. The number of nitrogens with one attached hydrogen (secondary N) is 1. The number of hydrogen-bond acceptors (Lipinski definition) is 4. The lowest BCUT2D eigenvalue weighted by atomic mass is 10.3. The van der Waals surface area contributed by atoms with Crippen LogP contribution in [0.15, 0.2) is 72.2 Å². The summed E-state index contributed by atoms with van der Waals surface area (Å²) in [7, 11) is 0. The first-order valence-corrected chi connectivity index (χ1v) is 8.56. The largest absolute Gasteiger partial charge is 0.321 e. The highest BCUT2D eigenvalue weighted by Gasteiger charge is 2.01. The van der Waals surface area contributed by atoms with Crippen LogP contribution >= 0.6 is 11.8 Å². The van der Waals surface area contributed by atoms with E-state index < -0.39 is 0 Å². The summed E-state index contributed by atoms with van der Waals surface area (Å²) in [6.45, 7) is 0. The van der Waals surface area contributed by atoms with Gasteiger partial charge in [-0.15, -0.1) is 11.8 Å². The number of thioether (sulfide) groups is 1. The van der Waals surface area contributed by atoms with Crippen LogP contribution in [0.1, 0.15) is 5.56 Å². The van der Waals surface area contributed by atoms with Crippen molar-refractivity contribution >= 4 is 29.4 Å². The van der Waals surface area contributed by atoms with Crippen molar-refractivity contribution in [2.24, 2.45) is 0 Å². The van der Waals surface area contributed by atoms with Gasteiger partial charge in [0.2, 0.25) is 5.91 Å². The maximum atomic E-state index is 12.0. The zero-order valence-corrected chi connectivity index (χ0v) is 13.9. The van der Waals surface area contributed by atoms with Gasteiger partial charge in [-0.25, -0.2) is 9.67 Å². The Hall–Kier alpha value is -2.86. The number of anilines is 1. The van der Waals surface area contributed by atoms with E-state index in [-0.39, 0.29) is 5.91 Å². The predicted octanol–water partition coefficient (Wildman–Crippen LogP) is 3.64. The Morgan fingerprint density at radius 3 is 2.71 bits per heavy atom. The molecular weight excluding hydrogens is 320 g/mol. The molecule has 6 heteroatoms. The maximum absolute atomic E-state index is 12.0. The van der Waals surface area contributed by atoms with Gasteiger partial charge in [-0.1, -0.05) is 18.2 Å². The van der Waals surface area contributed by atoms with E-state index in [2.05, 4.69) is 15.4 Å². The Labute approximate surface area is 144 Å². The van der Waals surface area contributed by atoms with E-state index in [1.165, 1.54) is 6.08 Å². The van der Waals surface area contributed by atoms with E-state index in [1.807, 2.05) is 54.9 Å². The second-order valence-electron chi connectivity index (χ2n) is 4.97. The van der Waals surface area contributed by atoms with E-state index in [9.17, 15) is 4.79 Å². The molecule has 2 aromatic heterocycles. The number of amides is 1. The summed E-state index contributed by atoms with van der Waals surface area (Å²) >= 11 is 1.56. The second kappa shape index (κ2) is 7.61. The van der Waals surface area contributed by atoms with Crippen LogP contribution in [-0.4, -0.2) is 26.9 Å². The molecular formula is C18H16N4OS. The molecule has 120 valence electrons. The fourth-order valence-electron chi connectivity index (χ4n) is 2.08. The zero-order valence-electron chi connectivity index (χ0n) is 13.1. The summed E-state index contributed by atoms with van der Waals surface area (Å²) in [6, 6.07) is 13.5. The molecule has 0 spiro atoms. The van der Waals surface area contributed by atoms with Crippen LogP contribution in [0.2, 0.25) is 0 Å². The van der Waals surface area contributed by atoms with E-state index in [1.54, 1.807) is 34.9 Å². The first-order chi connectivity index (χ1) is 11.7. The van der Waals surface area contributed by atoms with Crippen LogP contribution in [0.4, 0.5) is 5.69 Å². The van der Waals surface area contributed by atoms with Crippen molar-refractivity contribution in [2.45, 2.75) is 5.03 Å². The minimum atomic E-state index is -0.207. The highest BCUT2D eigenvalue weighted by molar-refractivity contribution is 7.98. The number of pyridine rings is 1. The molecule has 0 aliphatic rings. The Kier molecular flexibility index (Phi) is 5.08. The van der Waals surface area contributed by atoms with Gasteiger partial charge in [0, 0.05) is 17.8 Å². The number of rotatable bonds is 5. The van der Waals surface area contributed by atoms with Gasteiger partial charge in [-0.3, -0.25) is 4.79 Å². The molecule has 0 aliphatic heterocycles. The third kappa shape index (κ3) is 4.11. The van der Waals surface area contributed by atoms with E-state index in [4.69, 9.17) is 0 Å². The first kappa shape index (κ1) is 16.0. The molecule has 1 amide bonds. The number of nitrogens with zero attached hydrogens (tertiary/aromatic N) is 3. The normalized spacial score (nSPS) is 10.9. The van der Waals surface area contributed by atoms with Gasteiger partial charge in [0.1, 0.15) is 0 Å². The summed E-state index contributed by atoms with van der Waals surface area (Å²) in [5, 5.41) is 7.98. The summed E-state index contributed by atoms with van der Waals surface area (Å²) < 4.78 is 1.77. The summed E-state index contributed by atoms with van der Waals surface area (Å²) in [6.07, 6.45) is 10.4. The van der Waals surface area contributed by atoms with Crippen molar-refractivity contribution in [1.82, 2.24) is 14.8 Å². The second-order valence-corrected chi connectivity index (χ2v) is 5.79. The molecule has 24 heavy (non-hydrogen) atoms. The number of carbonyl (C=O) groups excluding carboxylic acids is 1. The number of aromatic nitrogens is 3. The highest BCUT2D eigenvalue weighted by atomic mass is 32.2. The van der Waals surface area contributed by atoms with E-state index in [0.29, 0.717) is 5.69 Å².